The molecule has 1 amide bonds. The summed E-state index contributed by atoms with van der Waals surface area (Å²) < 4.78 is 0. The van der Waals surface area contributed by atoms with Gasteiger partial charge in [0, 0.05) is 36.7 Å². The fraction of sp³-hybridized carbons (Fsp3) is 0.304. The number of aromatic nitrogens is 1. The summed E-state index contributed by atoms with van der Waals surface area (Å²) in [6.45, 7) is 0.751. The van der Waals surface area contributed by atoms with E-state index in [1.807, 2.05) is 54.6 Å². The number of aliphatic hydroxyl groups excluding tert-OH is 2. The molecule has 1 aliphatic carbocycles. The maximum atomic E-state index is 13.3. The van der Waals surface area contributed by atoms with Gasteiger partial charge in [-0.25, -0.2) is 0 Å². The number of fused-ring (bicyclic) bond motifs is 1. The Morgan fingerprint density at radius 3 is 2.64 bits per heavy atom. The number of benzene rings is 2. The lowest BCUT2D eigenvalue weighted by atomic mass is 9.95. The predicted octanol–water partition coefficient (Wildman–Crippen LogP) is 2.44. The first-order valence-corrected chi connectivity index (χ1v) is 9.63. The summed E-state index contributed by atoms with van der Waals surface area (Å²) in [4.78, 5) is 19.3. The van der Waals surface area contributed by atoms with Crippen LogP contribution in [0.1, 0.15) is 21.8 Å². The average Bonchev–Trinajstić information content (AvgIpc) is 3.28. The zero-order valence-electron chi connectivity index (χ0n) is 15.4. The molecular weight excluding hydrogens is 352 g/mol. The Kier molecular flexibility index (Phi) is 3.96. The number of pyridine rings is 1. The molecule has 2 fully saturated rings. The minimum absolute atomic E-state index is 0.0108. The number of hydrogen-bond acceptors (Lipinski definition) is 4. The van der Waals surface area contributed by atoms with E-state index in [9.17, 15) is 15.0 Å². The molecule has 5 nitrogen and oxygen atoms in total. The molecule has 142 valence electrons. The van der Waals surface area contributed by atoms with E-state index in [1.54, 1.807) is 17.2 Å². The van der Waals surface area contributed by atoms with Gasteiger partial charge in [0.25, 0.3) is 5.91 Å². The van der Waals surface area contributed by atoms with E-state index in [0.29, 0.717) is 12.1 Å². The van der Waals surface area contributed by atoms with E-state index >= 15 is 0 Å². The molecule has 1 aromatic heterocycles. The number of likely N-dealkylation sites (tertiary alicyclic amines) is 1. The van der Waals surface area contributed by atoms with Crippen LogP contribution in [-0.2, 0) is 0 Å². The number of amides is 1. The Hall–Kier alpha value is -2.76. The SMILES string of the molecule is O=C(c1ccnc2ccccc12)N1C[C@@H](O)[C@@]2(C1)[C@H](CO)[C@H]2c1ccccc1. The monoisotopic (exact) mass is 374 g/mol. The molecule has 0 radical (unpaired) electrons. The topological polar surface area (TPSA) is 73.7 Å². The molecule has 28 heavy (non-hydrogen) atoms. The predicted molar refractivity (Wildman–Crippen MR) is 106 cm³/mol. The minimum Gasteiger partial charge on any atom is -0.396 e. The van der Waals surface area contributed by atoms with E-state index < -0.39 is 11.5 Å². The Morgan fingerprint density at radius 2 is 1.86 bits per heavy atom. The van der Waals surface area contributed by atoms with E-state index in [0.717, 1.165) is 16.5 Å². The molecule has 5 heteroatoms. The van der Waals surface area contributed by atoms with Gasteiger partial charge in [-0.3, -0.25) is 9.78 Å². The summed E-state index contributed by atoms with van der Waals surface area (Å²) in [7, 11) is 0. The van der Waals surface area contributed by atoms with Crippen molar-refractivity contribution in [1.82, 2.24) is 9.88 Å². The van der Waals surface area contributed by atoms with Gasteiger partial charge in [-0.05, 0) is 29.5 Å². The number of hydrogen-bond donors (Lipinski definition) is 2. The van der Waals surface area contributed by atoms with Crippen LogP contribution in [0.5, 0.6) is 0 Å². The molecule has 1 spiro atoms. The number of nitrogens with zero attached hydrogens (tertiary/aromatic N) is 2. The van der Waals surface area contributed by atoms with Gasteiger partial charge in [-0.15, -0.1) is 0 Å². The largest absolute Gasteiger partial charge is 0.396 e. The third kappa shape index (κ3) is 2.40. The van der Waals surface area contributed by atoms with E-state index in [2.05, 4.69) is 4.98 Å². The minimum atomic E-state index is -0.646. The molecule has 0 unspecified atom stereocenters. The molecule has 0 bridgehead atoms. The second-order valence-electron chi connectivity index (χ2n) is 7.87. The summed E-state index contributed by atoms with van der Waals surface area (Å²) >= 11 is 0. The van der Waals surface area contributed by atoms with Gasteiger partial charge in [0.2, 0.25) is 0 Å². The first-order valence-electron chi connectivity index (χ1n) is 9.63. The van der Waals surface area contributed by atoms with Crippen LogP contribution >= 0.6 is 0 Å². The Labute approximate surface area is 163 Å². The molecule has 1 aliphatic heterocycles. The highest BCUT2D eigenvalue weighted by atomic mass is 16.3. The van der Waals surface area contributed by atoms with Crippen LogP contribution in [0.25, 0.3) is 10.9 Å². The third-order valence-electron chi connectivity index (χ3n) is 6.56. The van der Waals surface area contributed by atoms with Crippen molar-refractivity contribution in [3.63, 3.8) is 0 Å². The van der Waals surface area contributed by atoms with Crippen molar-refractivity contribution < 1.29 is 15.0 Å². The number of β-amino-alcohol motifs (C(OH)–C–C–N with tert-alkyl or cyclic N) is 1. The van der Waals surface area contributed by atoms with Crippen molar-refractivity contribution in [3.8, 4) is 0 Å². The van der Waals surface area contributed by atoms with Gasteiger partial charge < -0.3 is 15.1 Å². The molecule has 2 heterocycles. The summed E-state index contributed by atoms with van der Waals surface area (Å²) in [6, 6.07) is 19.3. The lowest BCUT2D eigenvalue weighted by molar-refractivity contribution is 0.0766. The lowest BCUT2D eigenvalue weighted by Gasteiger charge is -2.18. The Morgan fingerprint density at radius 1 is 1.11 bits per heavy atom. The Bertz CT molecular complexity index is 1030. The summed E-state index contributed by atoms with van der Waals surface area (Å²) in [6.07, 6.45) is 1.00. The van der Waals surface area contributed by atoms with Gasteiger partial charge in [0.15, 0.2) is 0 Å². The van der Waals surface area contributed by atoms with Crippen molar-refractivity contribution in [2.45, 2.75) is 12.0 Å². The second-order valence-corrected chi connectivity index (χ2v) is 7.87. The van der Waals surface area contributed by atoms with E-state index in [-0.39, 0.29) is 30.9 Å². The van der Waals surface area contributed by atoms with Crippen LogP contribution in [0.15, 0.2) is 66.9 Å². The first kappa shape index (κ1) is 17.3. The molecular formula is C23H22N2O3. The van der Waals surface area contributed by atoms with Gasteiger partial charge in [-0.2, -0.15) is 0 Å². The molecule has 2 aromatic carbocycles. The second kappa shape index (κ2) is 6.40. The van der Waals surface area contributed by atoms with E-state index in [4.69, 9.17) is 0 Å². The molecule has 2 N–H and O–H groups in total. The highest BCUT2D eigenvalue weighted by Crippen LogP contribution is 2.68. The Balaban J connectivity index is 1.47. The highest BCUT2D eigenvalue weighted by Gasteiger charge is 2.71. The van der Waals surface area contributed by atoms with Crippen LogP contribution in [0.2, 0.25) is 0 Å². The van der Waals surface area contributed by atoms with Crippen LogP contribution in [0.4, 0.5) is 0 Å². The fourth-order valence-electron chi connectivity index (χ4n) is 5.18. The highest BCUT2D eigenvalue weighted by molar-refractivity contribution is 6.06. The van der Waals surface area contributed by atoms with Crippen molar-refractivity contribution in [3.05, 3.63) is 78.0 Å². The average molecular weight is 374 g/mol. The van der Waals surface area contributed by atoms with Gasteiger partial charge in [-0.1, -0.05) is 48.5 Å². The van der Waals surface area contributed by atoms with Crippen LogP contribution in [-0.4, -0.2) is 51.8 Å². The van der Waals surface area contributed by atoms with E-state index in [1.165, 1.54) is 0 Å². The number of carbonyl (C=O) groups is 1. The van der Waals surface area contributed by atoms with Crippen molar-refractivity contribution in [2.75, 3.05) is 19.7 Å². The van der Waals surface area contributed by atoms with Gasteiger partial charge in [0.1, 0.15) is 0 Å². The van der Waals surface area contributed by atoms with Gasteiger partial charge >= 0.3 is 0 Å². The number of carbonyl (C=O) groups excluding carboxylic acids is 1. The standard InChI is InChI=1S/C23H22N2O3/c26-13-18-21(15-6-2-1-3-7-15)23(18)14-25(12-20(23)27)22(28)17-10-11-24-19-9-5-4-8-16(17)19/h1-11,18,20-21,26-27H,12-14H2/t18-,20-,21-,23-/m1/s1. The fourth-order valence-corrected chi connectivity index (χ4v) is 5.18. The normalized spacial score (nSPS) is 28.8. The molecule has 3 aromatic rings. The lowest BCUT2D eigenvalue weighted by Crippen LogP contribution is -2.30. The molecule has 1 saturated carbocycles. The van der Waals surface area contributed by atoms with Crippen LogP contribution in [0, 0.1) is 11.3 Å². The maximum absolute atomic E-state index is 13.3. The zero-order chi connectivity index (χ0) is 19.3. The summed E-state index contributed by atoms with van der Waals surface area (Å²) in [5, 5.41) is 21.7. The van der Waals surface area contributed by atoms with Crippen molar-refractivity contribution in [2.24, 2.45) is 11.3 Å². The molecule has 4 atom stereocenters. The van der Waals surface area contributed by atoms with Crippen LogP contribution < -0.4 is 0 Å². The van der Waals surface area contributed by atoms with Crippen LogP contribution in [0.3, 0.4) is 0 Å². The summed E-state index contributed by atoms with van der Waals surface area (Å²) in [5.41, 5.74) is 2.04. The number of aliphatic hydroxyl groups is 2. The number of rotatable bonds is 3. The third-order valence-corrected chi connectivity index (χ3v) is 6.56. The molecule has 2 aliphatic rings. The maximum Gasteiger partial charge on any atom is 0.254 e. The smallest absolute Gasteiger partial charge is 0.254 e. The quantitative estimate of drug-likeness (QED) is 0.739. The molecule has 5 rings (SSSR count). The molecule has 1 saturated heterocycles. The van der Waals surface area contributed by atoms with Gasteiger partial charge in [0.05, 0.1) is 17.2 Å². The van der Waals surface area contributed by atoms with Crippen molar-refractivity contribution >= 4 is 16.8 Å². The first-order chi connectivity index (χ1) is 13.7. The number of para-hydroxylation sites is 1. The summed E-state index contributed by atoms with van der Waals surface area (Å²) in [5.74, 6) is -0.0532. The zero-order valence-corrected chi connectivity index (χ0v) is 15.4. The van der Waals surface area contributed by atoms with Crippen molar-refractivity contribution in [1.29, 1.82) is 0 Å².